The van der Waals surface area contributed by atoms with Gasteiger partial charge in [-0.3, -0.25) is 19.7 Å². The lowest BCUT2D eigenvalue weighted by Crippen LogP contribution is -2.38. The van der Waals surface area contributed by atoms with E-state index in [-0.39, 0.29) is 30.7 Å². The number of nitro groups is 1. The number of carboxylic acids is 1. The molecule has 0 saturated carbocycles. The summed E-state index contributed by atoms with van der Waals surface area (Å²) in [6, 6.07) is 15.5. The zero-order valence-corrected chi connectivity index (χ0v) is 16.5. The predicted octanol–water partition coefficient (Wildman–Crippen LogP) is 3.30. The van der Waals surface area contributed by atoms with Gasteiger partial charge in [0, 0.05) is 18.7 Å². The first kappa shape index (κ1) is 21.3. The third kappa shape index (κ3) is 5.56. The largest absolute Gasteiger partial charge is 0.491 e. The first-order valence-corrected chi connectivity index (χ1v) is 9.87. The minimum atomic E-state index is -0.991. The number of carbonyl (C=O) groups is 2. The number of rotatable bonds is 10. The van der Waals surface area contributed by atoms with Crippen LogP contribution in [0.25, 0.3) is 0 Å². The third-order valence-electron chi connectivity index (χ3n) is 5.25. The number of non-ortho nitro benzene ring substituents is 1. The number of benzene rings is 2. The van der Waals surface area contributed by atoms with Crippen molar-refractivity contribution >= 4 is 17.6 Å². The number of hydrogen-bond donors (Lipinski definition) is 1. The van der Waals surface area contributed by atoms with Crippen LogP contribution in [-0.4, -0.2) is 46.0 Å². The lowest BCUT2D eigenvalue weighted by atomic mass is 10.0. The van der Waals surface area contributed by atoms with Crippen LogP contribution in [-0.2, 0) is 16.0 Å². The van der Waals surface area contributed by atoms with Crippen molar-refractivity contribution in [1.29, 1.82) is 0 Å². The molecule has 1 N–H and O–H groups in total. The van der Waals surface area contributed by atoms with E-state index >= 15 is 0 Å². The number of aryl methyl sites for hydroxylation is 1. The van der Waals surface area contributed by atoms with Crippen molar-refractivity contribution in [2.45, 2.75) is 31.7 Å². The molecular weight excluding hydrogens is 388 g/mol. The van der Waals surface area contributed by atoms with Crippen molar-refractivity contribution in [3.63, 3.8) is 0 Å². The van der Waals surface area contributed by atoms with Crippen LogP contribution >= 0.6 is 0 Å². The lowest BCUT2D eigenvalue weighted by Gasteiger charge is -2.25. The molecule has 1 saturated heterocycles. The summed E-state index contributed by atoms with van der Waals surface area (Å²) in [7, 11) is 0. The minimum Gasteiger partial charge on any atom is -0.491 e. The second kappa shape index (κ2) is 9.87. The molecule has 1 aliphatic heterocycles. The average Bonchev–Trinajstić information content (AvgIpc) is 3.02. The van der Waals surface area contributed by atoms with Crippen molar-refractivity contribution in [3.05, 3.63) is 70.3 Å². The molecule has 0 aliphatic carbocycles. The Hall–Kier alpha value is -3.42. The zero-order valence-electron chi connectivity index (χ0n) is 16.5. The standard InChI is InChI=1S/C22H24N2O6/c25-21(26)14-17-13-19(15-30-20-10-8-18(9-11-20)24(28)29)23(22(17)27)12-4-7-16-5-2-1-3-6-16/h1-3,5-6,8-11,17,19H,4,7,12-15H2,(H,25,26)/t17-,19-/m0/s1. The van der Waals surface area contributed by atoms with Crippen LogP contribution in [0.4, 0.5) is 5.69 Å². The summed E-state index contributed by atoms with van der Waals surface area (Å²) in [6.45, 7) is 0.739. The van der Waals surface area contributed by atoms with Crippen molar-refractivity contribution < 1.29 is 24.4 Å². The molecule has 1 fully saturated rings. The molecule has 0 unspecified atom stereocenters. The normalized spacial score (nSPS) is 18.4. The number of ether oxygens (including phenoxy) is 1. The topological polar surface area (TPSA) is 110 Å². The Balaban J connectivity index is 1.61. The van der Waals surface area contributed by atoms with Crippen LogP contribution in [0, 0.1) is 16.0 Å². The van der Waals surface area contributed by atoms with E-state index in [1.165, 1.54) is 29.8 Å². The molecule has 8 heteroatoms. The molecular formula is C22H24N2O6. The van der Waals surface area contributed by atoms with E-state index in [1.807, 2.05) is 30.3 Å². The van der Waals surface area contributed by atoms with Crippen LogP contribution in [0.15, 0.2) is 54.6 Å². The Bertz CT molecular complexity index is 884. The Morgan fingerprint density at radius 3 is 2.50 bits per heavy atom. The van der Waals surface area contributed by atoms with Crippen molar-refractivity contribution in [2.24, 2.45) is 5.92 Å². The van der Waals surface area contributed by atoms with E-state index < -0.39 is 16.8 Å². The predicted molar refractivity (Wildman–Crippen MR) is 109 cm³/mol. The maximum absolute atomic E-state index is 12.8. The van der Waals surface area contributed by atoms with Crippen molar-refractivity contribution in [1.82, 2.24) is 4.90 Å². The highest BCUT2D eigenvalue weighted by atomic mass is 16.6. The highest BCUT2D eigenvalue weighted by molar-refractivity contribution is 5.85. The van der Waals surface area contributed by atoms with Crippen molar-refractivity contribution in [2.75, 3.05) is 13.2 Å². The van der Waals surface area contributed by atoms with Crippen LogP contribution in [0.2, 0.25) is 0 Å². The van der Waals surface area contributed by atoms with Crippen LogP contribution in [0.3, 0.4) is 0 Å². The van der Waals surface area contributed by atoms with Gasteiger partial charge in [0.25, 0.3) is 5.69 Å². The van der Waals surface area contributed by atoms with Crippen LogP contribution in [0.1, 0.15) is 24.8 Å². The maximum Gasteiger partial charge on any atom is 0.304 e. The number of likely N-dealkylation sites (tertiary alicyclic amines) is 1. The second-order valence-corrected chi connectivity index (χ2v) is 7.37. The number of aliphatic carboxylic acids is 1. The molecule has 1 aliphatic rings. The molecule has 2 aromatic carbocycles. The SMILES string of the molecule is O=C(O)C[C@@H]1C[C@@H](COc2ccc([N+](=O)[O-])cc2)N(CCCc2ccccc2)C1=O. The molecule has 0 aromatic heterocycles. The molecule has 8 nitrogen and oxygen atoms in total. The average molecular weight is 412 g/mol. The number of carboxylic acid groups (broad SMARTS) is 1. The summed E-state index contributed by atoms with van der Waals surface area (Å²) in [6.07, 6.45) is 1.82. The summed E-state index contributed by atoms with van der Waals surface area (Å²) in [5.41, 5.74) is 1.16. The molecule has 0 bridgehead atoms. The van der Waals surface area contributed by atoms with Crippen molar-refractivity contribution in [3.8, 4) is 5.75 Å². The third-order valence-corrected chi connectivity index (χ3v) is 5.25. The summed E-state index contributed by atoms with van der Waals surface area (Å²) < 4.78 is 5.76. The molecule has 158 valence electrons. The Morgan fingerprint density at radius 1 is 1.17 bits per heavy atom. The van der Waals surface area contributed by atoms with Crippen LogP contribution in [0.5, 0.6) is 5.75 Å². The van der Waals surface area contributed by atoms with Gasteiger partial charge < -0.3 is 14.7 Å². The number of nitrogens with zero attached hydrogens (tertiary/aromatic N) is 2. The number of nitro benzene ring substituents is 1. The fourth-order valence-electron chi connectivity index (χ4n) is 3.76. The molecule has 1 amide bonds. The van der Waals surface area contributed by atoms with E-state index in [0.29, 0.717) is 18.7 Å². The van der Waals surface area contributed by atoms with E-state index in [1.54, 1.807) is 4.90 Å². The smallest absolute Gasteiger partial charge is 0.304 e. The van der Waals surface area contributed by atoms with E-state index in [0.717, 1.165) is 12.8 Å². The number of carbonyl (C=O) groups excluding carboxylic acids is 1. The van der Waals surface area contributed by atoms with Gasteiger partial charge in [-0.25, -0.2) is 0 Å². The van der Waals surface area contributed by atoms with E-state index in [2.05, 4.69) is 0 Å². The minimum absolute atomic E-state index is 0.0255. The van der Waals surface area contributed by atoms with Gasteiger partial charge in [0.1, 0.15) is 12.4 Å². The van der Waals surface area contributed by atoms with Gasteiger partial charge in [-0.1, -0.05) is 30.3 Å². The van der Waals surface area contributed by atoms with Gasteiger partial charge >= 0.3 is 5.97 Å². The molecule has 3 rings (SSSR count). The summed E-state index contributed by atoms with van der Waals surface area (Å²) in [4.78, 5) is 35.9. The molecule has 2 atom stereocenters. The van der Waals surface area contributed by atoms with Gasteiger partial charge in [-0.2, -0.15) is 0 Å². The summed E-state index contributed by atoms with van der Waals surface area (Å²) >= 11 is 0. The second-order valence-electron chi connectivity index (χ2n) is 7.37. The molecule has 0 spiro atoms. The Kier molecular flexibility index (Phi) is 7.00. The highest BCUT2D eigenvalue weighted by Crippen LogP contribution is 2.29. The van der Waals surface area contributed by atoms with E-state index in [4.69, 9.17) is 9.84 Å². The number of amides is 1. The molecule has 0 radical (unpaired) electrons. The first-order chi connectivity index (χ1) is 14.4. The van der Waals surface area contributed by atoms with Gasteiger partial charge in [-0.05, 0) is 37.0 Å². The van der Waals surface area contributed by atoms with E-state index in [9.17, 15) is 19.7 Å². The van der Waals surface area contributed by atoms with Gasteiger partial charge in [-0.15, -0.1) is 0 Å². The molecule has 2 aromatic rings. The Labute approximate surface area is 174 Å². The number of hydrogen-bond acceptors (Lipinski definition) is 5. The van der Waals surface area contributed by atoms with Crippen LogP contribution < -0.4 is 4.74 Å². The summed E-state index contributed by atoms with van der Waals surface area (Å²) in [5.74, 6) is -1.22. The van der Waals surface area contributed by atoms with Gasteiger partial charge in [0.05, 0.1) is 23.3 Å². The highest BCUT2D eigenvalue weighted by Gasteiger charge is 2.40. The fourth-order valence-corrected chi connectivity index (χ4v) is 3.76. The van der Waals surface area contributed by atoms with Gasteiger partial charge in [0.15, 0.2) is 0 Å². The summed E-state index contributed by atoms with van der Waals surface area (Å²) in [5, 5.41) is 19.9. The zero-order chi connectivity index (χ0) is 21.5. The first-order valence-electron chi connectivity index (χ1n) is 9.87. The lowest BCUT2D eigenvalue weighted by molar-refractivity contribution is -0.384. The monoisotopic (exact) mass is 412 g/mol. The Morgan fingerprint density at radius 2 is 1.87 bits per heavy atom. The van der Waals surface area contributed by atoms with Gasteiger partial charge in [0.2, 0.25) is 5.91 Å². The quantitative estimate of drug-likeness (QED) is 0.474. The molecule has 1 heterocycles. The fraction of sp³-hybridized carbons (Fsp3) is 0.364. The maximum atomic E-state index is 12.8. The molecule has 30 heavy (non-hydrogen) atoms.